The lowest BCUT2D eigenvalue weighted by atomic mass is 10.1. The number of aromatic nitrogens is 3. The summed E-state index contributed by atoms with van der Waals surface area (Å²) in [5.74, 6) is 0.899. The van der Waals surface area contributed by atoms with Gasteiger partial charge in [-0.3, -0.25) is 4.79 Å². The Kier molecular flexibility index (Phi) is 6.24. The van der Waals surface area contributed by atoms with Crippen molar-refractivity contribution in [1.82, 2.24) is 14.8 Å². The molecule has 0 aliphatic carbocycles. The molecule has 1 heterocycles. The Morgan fingerprint density at radius 3 is 2.56 bits per heavy atom. The van der Waals surface area contributed by atoms with Gasteiger partial charge < -0.3 is 9.88 Å². The third-order valence-electron chi connectivity index (χ3n) is 4.26. The maximum Gasteiger partial charge on any atom is 0.234 e. The number of hydrogen-bond acceptors (Lipinski definition) is 4. The normalized spacial score (nSPS) is 10.9. The van der Waals surface area contributed by atoms with Gasteiger partial charge in [0.05, 0.1) is 5.75 Å². The predicted molar refractivity (Wildman–Crippen MR) is 114 cm³/mol. The number of carbonyl (C=O) groups is 1. The highest BCUT2D eigenvalue weighted by molar-refractivity contribution is 9.10. The van der Waals surface area contributed by atoms with E-state index < -0.39 is 0 Å². The predicted octanol–water partition coefficient (Wildman–Crippen LogP) is 5.25. The Hall–Kier alpha value is -1.83. The van der Waals surface area contributed by atoms with E-state index in [1.54, 1.807) is 0 Å². The fraction of sp³-hybridized carbons (Fsp3) is 0.211. The van der Waals surface area contributed by atoms with Crippen molar-refractivity contribution in [2.75, 3.05) is 11.1 Å². The van der Waals surface area contributed by atoms with E-state index in [9.17, 15) is 4.79 Å². The largest absolute Gasteiger partial charge is 0.325 e. The molecule has 27 heavy (non-hydrogen) atoms. The Morgan fingerprint density at radius 1 is 1.15 bits per heavy atom. The van der Waals surface area contributed by atoms with Crippen LogP contribution in [0.4, 0.5) is 5.69 Å². The smallest absolute Gasteiger partial charge is 0.234 e. The average Bonchev–Trinajstić information content (AvgIpc) is 3.02. The molecule has 0 aliphatic heterocycles. The lowest BCUT2D eigenvalue weighted by Gasteiger charge is -2.11. The van der Waals surface area contributed by atoms with E-state index in [2.05, 4.69) is 31.4 Å². The summed E-state index contributed by atoms with van der Waals surface area (Å²) in [4.78, 5) is 12.3. The van der Waals surface area contributed by atoms with E-state index in [-0.39, 0.29) is 11.7 Å². The fourth-order valence-electron chi connectivity index (χ4n) is 2.53. The SMILES string of the molecule is Cc1c(Br)ccc(NC(=O)CSc2nnc(-c3ccc(Cl)cc3)n2C)c1C. The zero-order valence-corrected chi connectivity index (χ0v) is 18.2. The molecule has 0 fully saturated rings. The fourth-order valence-corrected chi connectivity index (χ4v) is 3.80. The second-order valence-electron chi connectivity index (χ2n) is 6.05. The van der Waals surface area contributed by atoms with Crippen molar-refractivity contribution in [3.63, 3.8) is 0 Å². The van der Waals surface area contributed by atoms with Crippen molar-refractivity contribution in [3.8, 4) is 11.4 Å². The third kappa shape index (κ3) is 4.54. The number of benzene rings is 2. The molecule has 0 unspecified atom stereocenters. The van der Waals surface area contributed by atoms with Crippen LogP contribution in [0.1, 0.15) is 11.1 Å². The van der Waals surface area contributed by atoms with Gasteiger partial charge >= 0.3 is 0 Å². The molecular formula is C19H18BrClN4OS. The summed E-state index contributed by atoms with van der Waals surface area (Å²) >= 11 is 10.8. The molecule has 1 amide bonds. The van der Waals surface area contributed by atoms with Gasteiger partial charge in [0.15, 0.2) is 11.0 Å². The molecule has 8 heteroatoms. The summed E-state index contributed by atoms with van der Waals surface area (Å²) in [5.41, 5.74) is 3.90. The highest BCUT2D eigenvalue weighted by atomic mass is 79.9. The molecule has 1 aromatic heterocycles. The molecule has 1 N–H and O–H groups in total. The topological polar surface area (TPSA) is 59.8 Å². The monoisotopic (exact) mass is 464 g/mol. The summed E-state index contributed by atoms with van der Waals surface area (Å²) in [5, 5.41) is 12.7. The zero-order valence-electron chi connectivity index (χ0n) is 15.1. The standard InChI is InChI=1S/C19H18BrClN4OS/c1-11-12(2)16(9-8-15(11)20)22-17(26)10-27-19-24-23-18(25(19)3)13-4-6-14(21)7-5-13/h4-9H,10H2,1-3H3,(H,22,26). The van der Waals surface area contributed by atoms with Gasteiger partial charge in [-0.25, -0.2) is 0 Å². The van der Waals surface area contributed by atoms with Crippen molar-refractivity contribution < 1.29 is 4.79 Å². The van der Waals surface area contributed by atoms with Crippen LogP contribution in [0.2, 0.25) is 5.02 Å². The number of carbonyl (C=O) groups excluding carboxylic acids is 1. The number of nitrogens with zero attached hydrogens (tertiary/aromatic N) is 3. The minimum absolute atomic E-state index is 0.0825. The number of thioether (sulfide) groups is 1. The molecule has 0 radical (unpaired) electrons. The van der Waals surface area contributed by atoms with Gasteiger partial charge in [-0.2, -0.15) is 0 Å². The Bertz CT molecular complexity index is 988. The summed E-state index contributed by atoms with van der Waals surface area (Å²) < 4.78 is 2.90. The van der Waals surface area contributed by atoms with E-state index >= 15 is 0 Å². The second kappa shape index (κ2) is 8.46. The van der Waals surface area contributed by atoms with Crippen LogP contribution in [0.5, 0.6) is 0 Å². The molecule has 140 valence electrons. The van der Waals surface area contributed by atoms with Gasteiger partial charge in [-0.15, -0.1) is 10.2 Å². The molecule has 0 bridgehead atoms. The van der Waals surface area contributed by atoms with E-state index in [1.165, 1.54) is 11.8 Å². The van der Waals surface area contributed by atoms with Gasteiger partial charge in [-0.05, 0) is 61.4 Å². The Morgan fingerprint density at radius 2 is 1.85 bits per heavy atom. The van der Waals surface area contributed by atoms with Crippen molar-refractivity contribution in [3.05, 3.63) is 57.0 Å². The zero-order chi connectivity index (χ0) is 19.6. The van der Waals surface area contributed by atoms with Gasteiger partial charge in [-0.1, -0.05) is 39.3 Å². The molecule has 2 aromatic carbocycles. The van der Waals surface area contributed by atoms with Crippen LogP contribution in [0, 0.1) is 13.8 Å². The molecule has 0 aliphatic rings. The molecule has 0 saturated carbocycles. The molecule has 0 saturated heterocycles. The van der Waals surface area contributed by atoms with Crippen LogP contribution in [-0.2, 0) is 11.8 Å². The van der Waals surface area contributed by atoms with Gasteiger partial charge in [0, 0.05) is 27.8 Å². The first-order valence-corrected chi connectivity index (χ1v) is 10.4. The van der Waals surface area contributed by atoms with Crippen molar-refractivity contribution in [1.29, 1.82) is 0 Å². The summed E-state index contributed by atoms with van der Waals surface area (Å²) in [6.45, 7) is 4.01. The second-order valence-corrected chi connectivity index (χ2v) is 8.29. The molecule has 0 atom stereocenters. The van der Waals surface area contributed by atoms with Crippen LogP contribution >= 0.6 is 39.3 Å². The number of hydrogen-bond donors (Lipinski definition) is 1. The quantitative estimate of drug-likeness (QED) is 0.523. The average molecular weight is 466 g/mol. The lowest BCUT2D eigenvalue weighted by molar-refractivity contribution is -0.113. The summed E-state index contributed by atoms with van der Waals surface area (Å²) in [6.07, 6.45) is 0. The molecule has 0 spiro atoms. The van der Waals surface area contributed by atoms with Crippen LogP contribution in [-0.4, -0.2) is 26.4 Å². The number of rotatable bonds is 5. The minimum Gasteiger partial charge on any atom is -0.325 e. The Balaban J connectivity index is 1.66. The van der Waals surface area contributed by atoms with Crippen molar-refractivity contribution in [2.45, 2.75) is 19.0 Å². The molecule has 5 nitrogen and oxygen atoms in total. The first-order chi connectivity index (χ1) is 12.9. The van der Waals surface area contributed by atoms with Gasteiger partial charge in [0.2, 0.25) is 5.91 Å². The van der Waals surface area contributed by atoms with E-state index in [0.29, 0.717) is 10.2 Å². The van der Waals surface area contributed by atoms with Crippen LogP contribution in [0.25, 0.3) is 11.4 Å². The van der Waals surface area contributed by atoms with Crippen LogP contribution in [0.15, 0.2) is 46.0 Å². The van der Waals surface area contributed by atoms with E-state index in [4.69, 9.17) is 11.6 Å². The highest BCUT2D eigenvalue weighted by Gasteiger charge is 2.14. The van der Waals surface area contributed by atoms with Crippen LogP contribution in [0.3, 0.4) is 0 Å². The first-order valence-electron chi connectivity index (χ1n) is 8.20. The molecule has 3 aromatic rings. The maximum atomic E-state index is 12.3. The minimum atomic E-state index is -0.0825. The number of halogens is 2. The van der Waals surface area contributed by atoms with E-state index in [0.717, 1.165) is 32.7 Å². The number of nitrogens with one attached hydrogen (secondary N) is 1. The van der Waals surface area contributed by atoms with Crippen molar-refractivity contribution in [2.24, 2.45) is 7.05 Å². The molecule has 3 rings (SSSR count). The Labute approximate surface area is 175 Å². The van der Waals surface area contributed by atoms with Crippen molar-refractivity contribution >= 4 is 50.9 Å². The third-order valence-corrected chi connectivity index (χ3v) is 6.40. The number of anilines is 1. The van der Waals surface area contributed by atoms with E-state index in [1.807, 2.05) is 61.9 Å². The van der Waals surface area contributed by atoms with Gasteiger partial charge in [0.25, 0.3) is 0 Å². The number of amides is 1. The summed E-state index contributed by atoms with van der Waals surface area (Å²) in [7, 11) is 1.88. The first kappa shape index (κ1) is 19.9. The highest BCUT2D eigenvalue weighted by Crippen LogP contribution is 2.27. The lowest BCUT2D eigenvalue weighted by Crippen LogP contribution is -2.15. The van der Waals surface area contributed by atoms with Crippen LogP contribution < -0.4 is 5.32 Å². The maximum absolute atomic E-state index is 12.3. The molecular weight excluding hydrogens is 448 g/mol. The summed E-state index contributed by atoms with van der Waals surface area (Å²) in [6, 6.07) is 11.3. The van der Waals surface area contributed by atoms with Gasteiger partial charge in [0.1, 0.15) is 0 Å².